The van der Waals surface area contributed by atoms with E-state index in [1.807, 2.05) is 50.2 Å². The summed E-state index contributed by atoms with van der Waals surface area (Å²) in [7, 11) is 1.62. The molecule has 2 N–H and O–H groups in total. The maximum Gasteiger partial charge on any atom is 0.165 e. The fourth-order valence-electron chi connectivity index (χ4n) is 2.36. The third-order valence-electron chi connectivity index (χ3n) is 3.49. The highest BCUT2D eigenvalue weighted by Gasteiger charge is 2.10. The average Bonchev–Trinajstić information content (AvgIpc) is 2.53. The first-order chi connectivity index (χ1) is 10.7. The van der Waals surface area contributed by atoms with Crippen LogP contribution in [-0.4, -0.2) is 20.3 Å². The van der Waals surface area contributed by atoms with Crippen LogP contribution >= 0.6 is 0 Å². The molecule has 0 aliphatic carbocycles. The molecule has 2 aromatic rings. The van der Waals surface area contributed by atoms with Gasteiger partial charge in [-0.3, -0.25) is 0 Å². The Balaban J connectivity index is 1.97. The zero-order valence-corrected chi connectivity index (χ0v) is 13.4. The van der Waals surface area contributed by atoms with Crippen LogP contribution in [0.3, 0.4) is 0 Å². The molecule has 22 heavy (non-hydrogen) atoms. The van der Waals surface area contributed by atoms with E-state index in [0.29, 0.717) is 31.3 Å². The standard InChI is InChI=1S/C18H23NO3/c1-13-6-4-7-14(2)17(13)21-10-11-22-18-15(12-19)8-5-9-16(18)20-3/h4-9H,10-12,19H2,1-3H3. The van der Waals surface area contributed by atoms with E-state index in [1.165, 1.54) is 0 Å². The van der Waals surface area contributed by atoms with Crippen LogP contribution < -0.4 is 19.9 Å². The minimum Gasteiger partial charge on any atom is -0.493 e. The Kier molecular flexibility index (Phi) is 5.67. The highest BCUT2D eigenvalue weighted by atomic mass is 16.5. The Morgan fingerprint density at radius 1 is 0.864 bits per heavy atom. The second-order valence-corrected chi connectivity index (χ2v) is 5.07. The van der Waals surface area contributed by atoms with Crippen LogP contribution in [0.25, 0.3) is 0 Å². The van der Waals surface area contributed by atoms with E-state index in [4.69, 9.17) is 19.9 Å². The number of rotatable bonds is 7. The van der Waals surface area contributed by atoms with Crippen molar-refractivity contribution in [3.05, 3.63) is 53.1 Å². The Bertz CT molecular complexity index is 583. The molecule has 4 heteroatoms. The third-order valence-corrected chi connectivity index (χ3v) is 3.49. The van der Waals surface area contributed by atoms with Crippen molar-refractivity contribution in [1.29, 1.82) is 0 Å². The summed E-state index contributed by atoms with van der Waals surface area (Å²) in [6.07, 6.45) is 0. The summed E-state index contributed by atoms with van der Waals surface area (Å²) in [5.41, 5.74) is 8.91. The van der Waals surface area contributed by atoms with Gasteiger partial charge in [-0.05, 0) is 31.0 Å². The Labute approximate surface area is 131 Å². The predicted molar refractivity (Wildman–Crippen MR) is 87.8 cm³/mol. The van der Waals surface area contributed by atoms with Crippen LogP contribution in [-0.2, 0) is 6.54 Å². The van der Waals surface area contributed by atoms with Gasteiger partial charge in [0, 0.05) is 12.1 Å². The zero-order valence-electron chi connectivity index (χ0n) is 13.4. The molecule has 2 rings (SSSR count). The summed E-state index contributed by atoms with van der Waals surface area (Å²) >= 11 is 0. The molecule has 118 valence electrons. The normalized spacial score (nSPS) is 10.4. The van der Waals surface area contributed by atoms with Gasteiger partial charge in [-0.15, -0.1) is 0 Å². The van der Waals surface area contributed by atoms with Gasteiger partial charge < -0.3 is 19.9 Å². The molecule has 0 aliphatic heterocycles. The van der Waals surface area contributed by atoms with E-state index in [9.17, 15) is 0 Å². The maximum absolute atomic E-state index is 5.84. The van der Waals surface area contributed by atoms with Gasteiger partial charge in [-0.25, -0.2) is 0 Å². The molecule has 0 fully saturated rings. The number of hydrogen-bond acceptors (Lipinski definition) is 4. The number of benzene rings is 2. The van der Waals surface area contributed by atoms with Crippen molar-refractivity contribution >= 4 is 0 Å². The molecule has 0 unspecified atom stereocenters. The first-order valence-electron chi connectivity index (χ1n) is 7.35. The lowest BCUT2D eigenvalue weighted by Crippen LogP contribution is -2.12. The van der Waals surface area contributed by atoms with Crippen molar-refractivity contribution in [2.75, 3.05) is 20.3 Å². The first-order valence-corrected chi connectivity index (χ1v) is 7.35. The highest BCUT2D eigenvalue weighted by molar-refractivity contribution is 5.46. The van der Waals surface area contributed by atoms with E-state index < -0.39 is 0 Å². The molecule has 0 saturated carbocycles. The van der Waals surface area contributed by atoms with Gasteiger partial charge >= 0.3 is 0 Å². The van der Waals surface area contributed by atoms with Crippen molar-refractivity contribution in [3.63, 3.8) is 0 Å². The minimum absolute atomic E-state index is 0.407. The second-order valence-electron chi connectivity index (χ2n) is 5.07. The lowest BCUT2D eigenvalue weighted by molar-refractivity contribution is 0.208. The van der Waals surface area contributed by atoms with Crippen molar-refractivity contribution in [2.24, 2.45) is 5.73 Å². The molecule has 0 radical (unpaired) electrons. The van der Waals surface area contributed by atoms with E-state index >= 15 is 0 Å². The van der Waals surface area contributed by atoms with Gasteiger partial charge in [0.1, 0.15) is 19.0 Å². The van der Waals surface area contributed by atoms with Crippen LogP contribution in [0, 0.1) is 13.8 Å². The smallest absolute Gasteiger partial charge is 0.165 e. The summed E-state index contributed by atoms with van der Waals surface area (Å²) < 4.78 is 17.0. The minimum atomic E-state index is 0.407. The summed E-state index contributed by atoms with van der Waals surface area (Å²) in [6, 6.07) is 11.8. The van der Waals surface area contributed by atoms with E-state index in [0.717, 1.165) is 22.4 Å². The van der Waals surface area contributed by atoms with Gasteiger partial charge in [0.05, 0.1) is 7.11 Å². The molecular weight excluding hydrogens is 278 g/mol. The van der Waals surface area contributed by atoms with Crippen molar-refractivity contribution < 1.29 is 14.2 Å². The molecule has 0 spiro atoms. The Hall–Kier alpha value is -2.20. The molecule has 0 amide bonds. The van der Waals surface area contributed by atoms with Gasteiger partial charge in [0.2, 0.25) is 0 Å². The highest BCUT2D eigenvalue weighted by Crippen LogP contribution is 2.30. The van der Waals surface area contributed by atoms with Crippen LogP contribution in [0.4, 0.5) is 0 Å². The zero-order chi connectivity index (χ0) is 15.9. The summed E-state index contributed by atoms with van der Waals surface area (Å²) in [5, 5.41) is 0. The van der Waals surface area contributed by atoms with Crippen molar-refractivity contribution in [1.82, 2.24) is 0 Å². The predicted octanol–water partition coefficient (Wildman–Crippen LogP) is 3.23. The fraction of sp³-hybridized carbons (Fsp3) is 0.333. The largest absolute Gasteiger partial charge is 0.493 e. The average molecular weight is 301 g/mol. The number of aryl methyl sites for hydroxylation is 2. The van der Waals surface area contributed by atoms with E-state index in [-0.39, 0.29) is 0 Å². The first kappa shape index (κ1) is 16.2. The molecule has 0 aromatic heterocycles. The van der Waals surface area contributed by atoms with E-state index in [2.05, 4.69) is 0 Å². The number of ether oxygens (including phenoxy) is 3. The summed E-state index contributed by atoms with van der Waals surface area (Å²) in [4.78, 5) is 0. The van der Waals surface area contributed by atoms with Crippen molar-refractivity contribution in [3.8, 4) is 17.2 Å². The third kappa shape index (κ3) is 3.71. The summed E-state index contributed by atoms with van der Waals surface area (Å²) in [5.74, 6) is 2.30. The van der Waals surface area contributed by atoms with Crippen LogP contribution in [0.2, 0.25) is 0 Å². The molecule has 0 heterocycles. The maximum atomic E-state index is 5.84. The van der Waals surface area contributed by atoms with Crippen LogP contribution in [0.15, 0.2) is 36.4 Å². The molecular formula is C18H23NO3. The lowest BCUT2D eigenvalue weighted by Gasteiger charge is -2.15. The SMILES string of the molecule is COc1cccc(CN)c1OCCOc1c(C)cccc1C. The van der Waals surface area contributed by atoms with Gasteiger partial charge in [-0.2, -0.15) is 0 Å². The molecule has 0 atom stereocenters. The van der Waals surface area contributed by atoms with Crippen LogP contribution in [0.1, 0.15) is 16.7 Å². The second kappa shape index (κ2) is 7.71. The number of methoxy groups -OCH3 is 1. The fourth-order valence-corrected chi connectivity index (χ4v) is 2.36. The monoisotopic (exact) mass is 301 g/mol. The lowest BCUT2D eigenvalue weighted by atomic mass is 10.1. The van der Waals surface area contributed by atoms with Gasteiger partial charge in [0.25, 0.3) is 0 Å². The molecule has 4 nitrogen and oxygen atoms in total. The topological polar surface area (TPSA) is 53.7 Å². The summed E-state index contributed by atoms with van der Waals surface area (Å²) in [6.45, 7) is 5.38. The molecule has 0 bridgehead atoms. The van der Waals surface area contributed by atoms with Gasteiger partial charge in [-0.1, -0.05) is 30.3 Å². The van der Waals surface area contributed by atoms with Gasteiger partial charge in [0.15, 0.2) is 11.5 Å². The Morgan fingerprint density at radius 3 is 2.05 bits per heavy atom. The number of nitrogens with two attached hydrogens (primary N) is 1. The number of para-hydroxylation sites is 2. The molecule has 0 aliphatic rings. The van der Waals surface area contributed by atoms with Crippen molar-refractivity contribution in [2.45, 2.75) is 20.4 Å². The van der Waals surface area contributed by atoms with E-state index in [1.54, 1.807) is 7.11 Å². The van der Waals surface area contributed by atoms with Crippen LogP contribution in [0.5, 0.6) is 17.2 Å². The molecule has 0 saturated heterocycles. The Morgan fingerprint density at radius 2 is 1.45 bits per heavy atom. The quantitative estimate of drug-likeness (QED) is 0.798. The number of hydrogen-bond donors (Lipinski definition) is 1. The molecule has 2 aromatic carbocycles.